The number of hydrogen-bond donors (Lipinski definition) is 0. The van der Waals surface area contributed by atoms with Gasteiger partial charge in [0.05, 0.1) is 63.9 Å². The molecule has 5 rings (SSSR count). The van der Waals surface area contributed by atoms with E-state index in [0.717, 1.165) is 5.56 Å². The van der Waals surface area contributed by atoms with E-state index in [4.69, 9.17) is 23.5 Å². The number of unbranched alkanes of at least 4 members (excludes halogenated alkanes) is 2. The maximum Gasteiger partial charge on any atom is 1.00 e. The normalized spacial score (nSPS) is 17.4. The average molecular weight is 1040 g/mol. The molecule has 4 aliphatic rings. The van der Waals surface area contributed by atoms with Gasteiger partial charge in [0.15, 0.2) is 6.54 Å². The smallest absolute Gasteiger partial charge is 0.748 e. The monoisotopic (exact) mass is 1040 g/mol. The van der Waals surface area contributed by atoms with E-state index in [1.165, 1.54) is 24.5 Å². The van der Waals surface area contributed by atoms with Crippen LogP contribution in [0.25, 0.3) is 17.4 Å². The molecule has 0 saturated carbocycles. The first-order valence-corrected chi connectivity index (χ1v) is 26.2. The predicted octanol–water partition coefficient (Wildman–Crippen LogP) is -3.15. The number of benzene rings is 2. The van der Waals surface area contributed by atoms with Gasteiger partial charge in [0, 0.05) is 79.3 Å². The fraction of sp³-hybridized carbons (Fsp3) is 0.500. The maximum atomic E-state index is 12.4. The minimum atomic E-state index is -4.91. The number of hydrogen-bond acceptors (Lipinski definition) is 18. The third-order valence-corrected chi connectivity index (χ3v) is 13.7. The molecule has 0 N–H and O–H groups in total. The largest absolute Gasteiger partial charge is 1.00 e. The molecule has 20 nitrogen and oxygen atoms in total. The van der Waals surface area contributed by atoms with Crippen LogP contribution < -0.4 is 73.9 Å². The Bertz CT molecular complexity index is 2680. The van der Waals surface area contributed by atoms with Crippen molar-refractivity contribution >= 4 is 59.9 Å². The van der Waals surface area contributed by atoms with Crippen molar-refractivity contribution in [2.24, 2.45) is 0 Å². The van der Waals surface area contributed by atoms with Gasteiger partial charge < -0.3 is 42.0 Å². The number of fused-ring (bicyclic) bond motifs is 2. The van der Waals surface area contributed by atoms with Gasteiger partial charge in [-0.05, 0) is 80.1 Å². The van der Waals surface area contributed by atoms with Gasteiger partial charge in [0.2, 0.25) is 5.36 Å². The summed E-state index contributed by atoms with van der Waals surface area (Å²) in [5.74, 6) is -2.65. The van der Waals surface area contributed by atoms with Gasteiger partial charge in [0.1, 0.15) is 29.0 Å². The summed E-state index contributed by atoms with van der Waals surface area (Å²) in [5.41, 5.74) is 1.92. The molecule has 0 radical (unpaired) electrons. The zero-order valence-electron chi connectivity index (χ0n) is 39.3. The van der Waals surface area contributed by atoms with Crippen molar-refractivity contribution in [1.82, 2.24) is 9.64 Å². The quantitative estimate of drug-likeness (QED) is 0.0240. The van der Waals surface area contributed by atoms with Gasteiger partial charge in [-0.3, -0.25) is 9.59 Å². The first-order chi connectivity index (χ1) is 31.7. The van der Waals surface area contributed by atoms with Gasteiger partial charge in [-0.15, -0.1) is 5.06 Å². The zero-order chi connectivity index (χ0) is 48.8. The Morgan fingerprint density at radius 3 is 2.14 bits per heavy atom. The molecule has 0 spiro atoms. The molecule has 1 fully saturated rings. The van der Waals surface area contributed by atoms with Crippen LogP contribution in [0.3, 0.4) is 0 Å². The Kier molecular flexibility index (Phi) is 24.4. The van der Waals surface area contributed by atoms with Crippen LogP contribution in [0.1, 0.15) is 75.8 Å². The van der Waals surface area contributed by atoms with Crippen molar-refractivity contribution in [1.29, 1.82) is 0 Å². The van der Waals surface area contributed by atoms with Crippen molar-refractivity contribution in [3.8, 4) is 11.3 Å². The average Bonchev–Trinajstić information content (AvgIpc) is 3.69. The van der Waals surface area contributed by atoms with Crippen LogP contribution in [0.5, 0.6) is 0 Å². The molecule has 1 aromatic rings. The summed E-state index contributed by atoms with van der Waals surface area (Å²) in [7, 11) is -12.4. The predicted molar refractivity (Wildman–Crippen MR) is 239 cm³/mol. The van der Waals surface area contributed by atoms with E-state index in [1.807, 2.05) is 27.7 Å². The van der Waals surface area contributed by atoms with E-state index in [-0.39, 0.29) is 111 Å². The van der Waals surface area contributed by atoms with Crippen molar-refractivity contribution in [3.05, 3.63) is 83.1 Å². The SMILES string of the molecule is COCCOCCOCC[N+](CCCS(=O)(=O)[O-])=c1ccc2c(/C=C/C=C3/N(CCCCCC(=O)ON4C(=O)CCC4=O)c4ccc(S(=O)(=O)[O-])cc4C3(C)CCCS(=O)(=O)[O-])ccoc-2c1.[Na+].[Na+]. The number of anilines is 1. The molecular formula is C44H55N3Na2O17S3. The van der Waals surface area contributed by atoms with Gasteiger partial charge in [-0.2, -0.15) is 0 Å². The summed E-state index contributed by atoms with van der Waals surface area (Å²) < 4.78 is 130. The third kappa shape index (κ3) is 18.3. The molecule has 69 heavy (non-hydrogen) atoms. The first-order valence-electron chi connectivity index (χ1n) is 21.6. The van der Waals surface area contributed by atoms with Gasteiger partial charge >= 0.3 is 65.1 Å². The van der Waals surface area contributed by atoms with E-state index in [0.29, 0.717) is 97.5 Å². The van der Waals surface area contributed by atoms with E-state index in [1.54, 1.807) is 38.3 Å². The number of methoxy groups -OCH3 is 1. The van der Waals surface area contributed by atoms with Crippen molar-refractivity contribution in [3.63, 3.8) is 0 Å². The molecule has 1 aliphatic carbocycles. The molecule has 1 unspecified atom stereocenters. The summed E-state index contributed by atoms with van der Waals surface area (Å²) in [6.07, 6.45) is 8.10. The van der Waals surface area contributed by atoms with Crippen molar-refractivity contribution < 1.29 is 136 Å². The molecule has 2 amide bonds. The van der Waals surface area contributed by atoms with Crippen molar-refractivity contribution in [2.45, 2.75) is 75.0 Å². The van der Waals surface area contributed by atoms with Gasteiger partial charge in [0.25, 0.3) is 11.8 Å². The second-order valence-corrected chi connectivity index (χ2v) is 20.6. The van der Waals surface area contributed by atoms with Gasteiger partial charge in [-0.25, -0.2) is 34.6 Å². The number of ether oxygens (including phenoxy) is 3. The van der Waals surface area contributed by atoms with E-state index < -0.39 is 70.0 Å². The molecule has 1 aromatic carbocycles. The maximum absolute atomic E-state index is 12.4. The number of carbonyl (C=O) groups is 3. The zero-order valence-corrected chi connectivity index (χ0v) is 45.7. The third-order valence-electron chi connectivity index (χ3n) is 11.3. The second-order valence-electron chi connectivity index (χ2n) is 16.1. The van der Waals surface area contributed by atoms with Crippen LogP contribution in [0.15, 0.2) is 75.9 Å². The van der Waals surface area contributed by atoms with Gasteiger partial charge in [-0.1, -0.05) is 18.6 Å². The Morgan fingerprint density at radius 2 is 1.48 bits per heavy atom. The molecule has 1 atom stereocenters. The number of amides is 2. The Labute approximate surface area is 447 Å². The van der Waals surface area contributed by atoms with Crippen LogP contribution in [-0.4, -0.2) is 133 Å². The molecule has 368 valence electrons. The Morgan fingerprint density at radius 1 is 0.812 bits per heavy atom. The van der Waals surface area contributed by atoms with E-state index in [9.17, 15) is 53.3 Å². The minimum absolute atomic E-state index is 0. The molecule has 3 aliphatic heterocycles. The standard InChI is InChI=1S/C44H57N3O17S3.2Na/c1-44(19-7-29-65(51,52)53)37-32-35(67(57,58)59)13-15-38(37)46(21-5-3-4-11-43(50)64-47-41(48)16-17-42(47)49)40(44)10-6-9-33-18-23-63-39-31-34(12-14-36(33)39)45(20-8-30-66(54,55)56)22-24-61-27-28-62-26-25-60-2;;/h6,9-10,12-15,18,23,31-32H,3-5,7-8,11,16-17,19-22,24-30H2,1-2H3,(H2-,51,52,53,54,55,56,57,58,59);;/q;2*+1/p-2. The van der Waals surface area contributed by atoms with Crippen molar-refractivity contribution in [2.75, 3.05) is 76.2 Å². The topological polar surface area (TPSA) is 282 Å². The van der Waals surface area contributed by atoms with Crippen LogP contribution in [0, 0.1) is 0 Å². The van der Waals surface area contributed by atoms with Crippen LogP contribution in [-0.2, 0) is 69.2 Å². The number of carbonyl (C=O) groups excluding carboxylic acids is 3. The number of rotatable bonds is 27. The molecule has 0 aromatic heterocycles. The molecule has 3 heterocycles. The summed E-state index contributed by atoms with van der Waals surface area (Å²) in [5, 5.41) is 1.18. The van der Waals surface area contributed by atoms with Crippen LogP contribution in [0.4, 0.5) is 5.69 Å². The summed E-state index contributed by atoms with van der Waals surface area (Å²) in [6.45, 7) is 4.55. The first kappa shape index (κ1) is 60.5. The minimum Gasteiger partial charge on any atom is -0.748 e. The van der Waals surface area contributed by atoms with E-state index >= 15 is 0 Å². The number of imide groups is 1. The number of nitrogens with zero attached hydrogens (tertiary/aromatic N) is 3. The molecule has 25 heteroatoms. The summed E-state index contributed by atoms with van der Waals surface area (Å²) >= 11 is 0. The van der Waals surface area contributed by atoms with Crippen LogP contribution in [0.2, 0.25) is 0 Å². The molecular weight excluding hydrogens is 985 g/mol. The Hall–Kier alpha value is -2.85. The fourth-order valence-corrected chi connectivity index (χ4v) is 9.44. The summed E-state index contributed by atoms with van der Waals surface area (Å²) in [4.78, 5) is 42.6. The molecule has 0 bridgehead atoms. The Balaban J connectivity index is 0.00000630. The van der Waals surface area contributed by atoms with E-state index in [2.05, 4.69) is 0 Å². The summed E-state index contributed by atoms with van der Waals surface area (Å²) in [6, 6.07) is 11.2. The molecule has 1 saturated heterocycles. The number of hydroxylamine groups is 2. The fourth-order valence-electron chi connectivity index (χ4n) is 7.96. The second kappa shape index (κ2) is 27.8. The van der Waals surface area contributed by atoms with Crippen LogP contribution >= 0.6 is 0 Å². The number of allylic oxidation sites excluding steroid dienone is 3.